The Kier molecular flexibility index (Phi) is 10.2. The highest BCUT2D eigenvalue weighted by Gasteiger charge is 2.27. The lowest BCUT2D eigenvalue weighted by Crippen LogP contribution is -2.52. The van der Waals surface area contributed by atoms with Gasteiger partial charge in [-0.15, -0.1) is 0 Å². The number of carbonyl (C=O) groups excluding carboxylic acids is 1. The zero-order chi connectivity index (χ0) is 22.8. The van der Waals surface area contributed by atoms with Gasteiger partial charge in [-0.25, -0.2) is 0 Å². The summed E-state index contributed by atoms with van der Waals surface area (Å²) in [5, 5.41) is 10.6. The topological polar surface area (TPSA) is 74.7 Å². The van der Waals surface area contributed by atoms with Crippen LogP contribution in [0.2, 0.25) is 0 Å². The van der Waals surface area contributed by atoms with Gasteiger partial charge in [-0.1, -0.05) is 32.0 Å². The molecule has 2 fully saturated rings. The van der Waals surface area contributed by atoms with Crippen molar-refractivity contribution < 1.29 is 24.1 Å². The predicted octanol–water partition coefficient (Wildman–Crippen LogP) is 0.944. The minimum Gasteiger partial charge on any atom is -0.484 e. The molecular formula is C24H39N3O5. The highest BCUT2D eigenvalue weighted by Crippen LogP contribution is 2.12. The number of hydrogen-bond acceptors (Lipinski definition) is 7. The van der Waals surface area contributed by atoms with Crippen molar-refractivity contribution in [2.75, 3.05) is 78.8 Å². The molecule has 1 aromatic rings. The van der Waals surface area contributed by atoms with Crippen LogP contribution in [0.15, 0.2) is 30.3 Å². The molecule has 2 saturated heterocycles. The number of hydrogen-bond donors (Lipinski definition) is 1. The van der Waals surface area contributed by atoms with E-state index in [-0.39, 0.29) is 18.6 Å². The van der Waals surface area contributed by atoms with E-state index in [0.29, 0.717) is 51.0 Å². The van der Waals surface area contributed by atoms with Crippen molar-refractivity contribution in [3.8, 4) is 5.75 Å². The Balaban J connectivity index is 1.47. The molecular weight excluding hydrogens is 410 g/mol. The summed E-state index contributed by atoms with van der Waals surface area (Å²) in [5.41, 5.74) is 0. The van der Waals surface area contributed by atoms with E-state index in [1.54, 1.807) is 0 Å². The number of ether oxygens (including phenoxy) is 3. The number of β-amino-alcohol motifs (C(OH)–C–C–N with tert-alkyl or cyclic N) is 1. The van der Waals surface area contributed by atoms with Crippen molar-refractivity contribution in [1.82, 2.24) is 14.7 Å². The Hall–Kier alpha value is -1.71. The Morgan fingerprint density at radius 3 is 2.53 bits per heavy atom. The summed E-state index contributed by atoms with van der Waals surface area (Å²) in [6, 6.07) is 9.41. The van der Waals surface area contributed by atoms with Gasteiger partial charge in [-0.05, 0) is 18.1 Å². The van der Waals surface area contributed by atoms with E-state index in [0.717, 1.165) is 32.8 Å². The Morgan fingerprint density at radius 2 is 1.81 bits per heavy atom. The Labute approximate surface area is 192 Å². The van der Waals surface area contributed by atoms with Crippen LogP contribution in [0.4, 0.5) is 0 Å². The van der Waals surface area contributed by atoms with Gasteiger partial charge in [0.25, 0.3) is 5.91 Å². The van der Waals surface area contributed by atoms with Gasteiger partial charge in [0.1, 0.15) is 5.75 Å². The molecule has 1 N–H and O–H groups in total. The summed E-state index contributed by atoms with van der Waals surface area (Å²) in [7, 11) is 0. The van der Waals surface area contributed by atoms with Gasteiger partial charge in [0, 0.05) is 52.4 Å². The van der Waals surface area contributed by atoms with Gasteiger partial charge in [-0.3, -0.25) is 14.6 Å². The van der Waals surface area contributed by atoms with Crippen LogP contribution < -0.4 is 4.74 Å². The summed E-state index contributed by atoms with van der Waals surface area (Å²) in [6.07, 6.45) is -0.474. The summed E-state index contributed by atoms with van der Waals surface area (Å²) in [4.78, 5) is 19.2. The van der Waals surface area contributed by atoms with Gasteiger partial charge in [0.05, 0.1) is 32.0 Å². The van der Waals surface area contributed by atoms with Gasteiger partial charge in [-0.2, -0.15) is 0 Å². The summed E-state index contributed by atoms with van der Waals surface area (Å²) < 4.78 is 17.0. The van der Waals surface area contributed by atoms with Gasteiger partial charge >= 0.3 is 0 Å². The molecule has 2 atom stereocenters. The second kappa shape index (κ2) is 13.1. The maximum absolute atomic E-state index is 12.9. The van der Waals surface area contributed by atoms with Crippen molar-refractivity contribution in [3.63, 3.8) is 0 Å². The average molecular weight is 450 g/mol. The molecule has 1 amide bonds. The number of carbonyl (C=O) groups is 1. The third kappa shape index (κ3) is 8.67. The van der Waals surface area contributed by atoms with Crippen LogP contribution in [0, 0.1) is 5.92 Å². The van der Waals surface area contributed by atoms with Crippen LogP contribution >= 0.6 is 0 Å². The van der Waals surface area contributed by atoms with E-state index in [4.69, 9.17) is 14.2 Å². The van der Waals surface area contributed by atoms with Crippen molar-refractivity contribution in [1.29, 1.82) is 0 Å². The van der Waals surface area contributed by atoms with E-state index >= 15 is 0 Å². The minimum absolute atomic E-state index is 0.0193. The van der Waals surface area contributed by atoms with Crippen molar-refractivity contribution in [3.05, 3.63) is 30.3 Å². The van der Waals surface area contributed by atoms with E-state index in [1.807, 2.05) is 35.2 Å². The lowest BCUT2D eigenvalue weighted by Gasteiger charge is -2.37. The second-order valence-electron chi connectivity index (χ2n) is 9.11. The summed E-state index contributed by atoms with van der Waals surface area (Å²) in [5.74, 6) is 1.01. The molecule has 8 heteroatoms. The average Bonchev–Trinajstić information content (AvgIpc) is 2.78. The molecule has 0 saturated carbocycles. The van der Waals surface area contributed by atoms with Crippen LogP contribution in [0.25, 0.3) is 0 Å². The first-order valence-corrected chi connectivity index (χ1v) is 11.8. The van der Waals surface area contributed by atoms with E-state index < -0.39 is 6.10 Å². The second-order valence-corrected chi connectivity index (χ2v) is 9.11. The molecule has 3 rings (SSSR count). The number of rotatable bonds is 11. The van der Waals surface area contributed by atoms with E-state index in [2.05, 4.69) is 23.6 Å². The molecule has 8 nitrogen and oxygen atoms in total. The third-order valence-corrected chi connectivity index (χ3v) is 5.73. The normalized spacial score (nSPS) is 21.4. The monoisotopic (exact) mass is 449 g/mol. The number of nitrogens with zero attached hydrogens (tertiary/aromatic N) is 3. The quantitative estimate of drug-likeness (QED) is 0.539. The zero-order valence-corrected chi connectivity index (χ0v) is 19.5. The van der Waals surface area contributed by atoms with Crippen molar-refractivity contribution in [2.45, 2.75) is 26.1 Å². The van der Waals surface area contributed by atoms with Crippen LogP contribution in [0.5, 0.6) is 5.75 Å². The van der Waals surface area contributed by atoms with Gasteiger partial charge in [0.15, 0.2) is 6.61 Å². The fourth-order valence-electron chi connectivity index (χ4n) is 4.21. The molecule has 2 aliphatic heterocycles. The lowest BCUT2D eigenvalue weighted by atomic mass is 10.1. The van der Waals surface area contributed by atoms with E-state index in [1.165, 1.54) is 0 Å². The number of aliphatic hydroxyl groups is 1. The number of para-hydroxylation sites is 1. The largest absolute Gasteiger partial charge is 0.484 e. The standard InChI is InChI=1S/C24H39N3O5/c1-20(2)14-27(24(29)19-32-22-6-4-3-5-7-22)18-23-17-26(10-13-31-23)16-21(28)15-25-8-11-30-12-9-25/h3-7,20-21,23,28H,8-19H2,1-2H3/t21-,23+/m1/s1. The van der Waals surface area contributed by atoms with Crippen LogP contribution in [0.1, 0.15) is 13.8 Å². The summed E-state index contributed by atoms with van der Waals surface area (Å²) >= 11 is 0. The zero-order valence-electron chi connectivity index (χ0n) is 19.5. The SMILES string of the molecule is CC(C)CN(C[C@@H]1CN(C[C@H](O)CN2CCOCC2)CCO1)C(=O)COc1ccccc1. The van der Waals surface area contributed by atoms with E-state index in [9.17, 15) is 9.90 Å². The maximum Gasteiger partial charge on any atom is 0.260 e. The Bertz CT molecular complexity index is 669. The fraction of sp³-hybridized carbons (Fsp3) is 0.708. The molecule has 0 aromatic heterocycles. The van der Waals surface area contributed by atoms with Crippen molar-refractivity contribution in [2.24, 2.45) is 5.92 Å². The minimum atomic E-state index is -0.403. The lowest BCUT2D eigenvalue weighted by molar-refractivity contribution is -0.137. The molecule has 1 aromatic carbocycles. The predicted molar refractivity (Wildman–Crippen MR) is 123 cm³/mol. The molecule has 0 radical (unpaired) electrons. The molecule has 0 bridgehead atoms. The molecule has 0 aliphatic carbocycles. The van der Waals surface area contributed by atoms with Gasteiger partial charge in [0.2, 0.25) is 0 Å². The number of aliphatic hydroxyl groups excluding tert-OH is 1. The first-order chi connectivity index (χ1) is 15.5. The fourth-order valence-corrected chi connectivity index (χ4v) is 4.21. The van der Waals surface area contributed by atoms with Crippen LogP contribution in [-0.4, -0.2) is 117 Å². The summed E-state index contributed by atoms with van der Waals surface area (Å²) in [6.45, 7) is 12.1. The molecule has 180 valence electrons. The number of morpholine rings is 2. The van der Waals surface area contributed by atoms with Crippen molar-refractivity contribution >= 4 is 5.91 Å². The van der Waals surface area contributed by atoms with Crippen LogP contribution in [0.3, 0.4) is 0 Å². The molecule has 32 heavy (non-hydrogen) atoms. The molecule has 0 unspecified atom stereocenters. The Morgan fingerprint density at radius 1 is 1.12 bits per heavy atom. The highest BCUT2D eigenvalue weighted by molar-refractivity contribution is 5.77. The maximum atomic E-state index is 12.9. The first kappa shape index (κ1) is 24.9. The van der Waals surface area contributed by atoms with Crippen LogP contribution in [-0.2, 0) is 14.3 Å². The molecule has 2 aliphatic rings. The first-order valence-electron chi connectivity index (χ1n) is 11.8. The number of benzene rings is 1. The highest BCUT2D eigenvalue weighted by atomic mass is 16.5. The molecule has 2 heterocycles. The van der Waals surface area contributed by atoms with Gasteiger partial charge < -0.3 is 24.2 Å². The smallest absolute Gasteiger partial charge is 0.260 e. The molecule has 0 spiro atoms. The number of amides is 1. The third-order valence-electron chi connectivity index (χ3n) is 5.73.